The second kappa shape index (κ2) is 3.83. The lowest BCUT2D eigenvalue weighted by Gasteiger charge is -1.92. The van der Waals surface area contributed by atoms with Crippen molar-refractivity contribution in [1.29, 1.82) is 0 Å². The highest BCUT2D eigenvalue weighted by molar-refractivity contribution is 5.91. The van der Waals surface area contributed by atoms with E-state index in [1.54, 1.807) is 19.9 Å². The first kappa shape index (κ1) is 7.88. The number of esters is 1. The van der Waals surface area contributed by atoms with Crippen molar-refractivity contribution in [3.8, 4) is 0 Å². The van der Waals surface area contributed by atoms with Gasteiger partial charge in [0.15, 0.2) is 0 Å². The van der Waals surface area contributed by atoms with Gasteiger partial charge in [-0.25, -0.2) is 4.79 Å². The summed E-state index contributed by atoms with van der Waals surface area (Å²) in [5.41, 5.74) is 0.433. The fourth-order valence-electron chi connectivity index (χ4n) is 0.254. The second-order valence-electron chi connectivity index (χ2n) is 1.47. The van der Waals surface area contributed by atoms with Gasteiger partial charge in [0.05, 0.1) is 0 Å². The molecule has 0 rings (SSSR count). The van der Waals surface area contributed by atoms with Crippen LogP contribution in [-0.2, 0) is 14.3 Å². The molecule has 3 nitrogen and oxygen atoms in total. The van der Waals surface area contributed by atoms with Crippen LogP contribution in [0.3, 0.4) is 0 Å². The zero-order chi connectivity index (χ0) is 7.28. The normalized spacial score (nSPS) is 10.7. The van der Waals surface area contributed by atoms with Gasteiger partial charge < -0.3 is 4.74 Å². The summed E-state index contributed by atoms with van der Waals surface area (Å²) in [6.07, 6.45) is 1.58. The van der Waals surface area contributed by atoms with Crippen LogP contribution in [0.25, 0.3) is 0 Å². The first-order chi connectivity index (χ1) is 4.22. The smallest absolute Gasteiger partial charge is 0.340 e. The Morgan fingerprint density at radius 3 is 2.44 bits per heavy atom. The SMILES string of the molecule is CC=C(C)C(=O)OC=O. The minimum absolute atomic E-state index is 0.120. The predicted octanol–water partition coefficient (Wildman–Crippen LogP) is 0.652. The summed E-state index contributed by atoms with van der Waals surface area (Å²) >= 11 is 0. The minimum atomic E-state index is -0.590. The van der Waals surface area contributed by atoms with Crippen molar-refractivity contribution in [2.24, 2.45) is 0 Å². The fraction of sp³-hybridized carbons (Fsp3) is 0.333. The largest absolute Gasteiger partial charge is 0.392 e. The molecule has 0 saturated heterocycles. The number of hydrogen-bond acceptors (Lipinski definition) is 3. The van der Waals surface area contributed by atoms with Gasteiger partial charge in [0, 0.05) is 5.57 Å². The first-order valence-corrected chi connectivity index (χ1v) is 2.50. The number of ether oxygens (including phenoxy) is 1. The van der Waals surface area contributed by atoms with Gasteiger partial charge in [-0.15, -0.1) is 0 Å². The number of carbonyl (C=O) groups is 2. The molecule has 0 amide bonds. The summed E-state index contributed by atoms with van der Waals surface area (Å²) in [4.78, 5) is 20.0. The number of carbonyl (C=O) groups excluding carboxylic acids is 2. The standard InChI is InChI=1S/C6H8O3/c1-3-5(2)6(8)9-4-7/h3-4H,1-2H3. The van der Waals surface area contributed by atoms with Crippen molar-refractivity contribution in [2.45, 2.75) is 13.8 Å². The Morgan fingerprint density at radius 1 is 1.56 bits per heavy atom. The molecule has 3 heteroatoms. The van der Waals surface area contributed by atoms with Crippen LogP contribution in [-0.4, -0.2) is 12.4 Å². The van der Waals surface area contributed by atoms with E-state index in [4.69, 9.17) is 0 Å². The zero-order valence-corrected chi connectivity index (χ0v) is 5.38. The number of hydrogen-bond donors (Lipinski definition) is 0. The molecule has 0 saturated carbocycles. The molecular formula is C6H8O3. The molecule has 0 aliphatic heterocycles. The maximum Gasteiger partial charge on any atom is 0.340 e. The number of rotatable bonds is 2. The quantitative estimate of drug-likeness (QED) is 0.237. The molecule has 50 valence electrons. The van der Waals surface area contributed by atoms with Gasteiger partial charge in [0.1, 0.15) is 0 Å². The Balaban J connectivity index is 3.88. The van der Waals surface area contributed by atoms with Gasteiger partial charge in [-0.1, -0.05) is 6.08 Å². The lowest BCUT2D eigenvalue weighted by atomic mass is 10.3. The van der Waals surface area contributed by atoms with E-state index in [2.05, 4.69) is 4.74 Å². The van der Waals surface area contributed by atoms with Crippen molar-refractivity contribution in [2.75, 3.05) is 0 Å². The van der Waals surface area contributed by atoms with Gasteiger partial charge in [-0.05, 0) is 13.8 Å². The summed E-state index contributed by atoms with van der Waals surface area (Å²) in [5.74, 6) is -0.590. The van der Waals surface area contributed by atoms with E-state index in [0.717, 1.165) is 0 Å². The van der Waals surface area contributed by atoms with Crippen LogP contribution in [0.15, 0.2) is 11.6 Å². The average Bonchev–Trinajstić information content (AvgIpc) is 1.87. The fourth-order valence-corrected chi connectivity index (χ4v) is 0.254. The summed E-state index contributed by atoms with van der Waals surface area (Å²) in [7, 11) is 0. The van der Waals surface area contributed by atoms with Crippen LogP contribution in [0.1, 0.15) is 13.8 Å². The zero-order valence-electron chi connectivity index (χ0n) is 5.38. The molecule has 9 heavy (non-hydrogen) atoms. The van der Waals surface area contributed by atoms with Crippen LogP contribution in [0, 0.1) is 0 Å². The van der Waals surface area contributed by atoms with E-state index in [0.29, 0.717) is 5.57 Å². The Morgan fingerprint density at radius 2 is 2.11 bits per heavy atom. The van der Waals surface area contributed by atoms with Gasteiger partial charge >= 0.3 is 12.4 Å². The van der Waals surface area contributed by atoms with E-state index in [9.17, 15) is 9.59 Å². The molecule has 0 aliphatic rings. The molecule has 0 fully saturated rings. The number of allylic oxidation sites excluding steroid dienone is 1. The molecule has 0 heterocycles. The van der Waals surface area contributed by atoms with Crippen LogP contribution >= 0.6 is 0 Å². The molecule has 0 aromatic heterocycles. The molecule has 0 aromatic carbocycles. The van der Waals surface area contributed by atoms with E-state index in [-0.39, 0.29) is 6.47 Å². The van der Waals surface area contributed by atoms with Crippen molar-refractivity contribution in [3.63, 3.8) is 0 Å². The lowest BCUT2D eigenvalue weighted by Crippen LogP contribution is -2.02. The molecular weight excluding hydrogens is 120 g/mol. The highest BCUT2D eigenvalue weighted by Gasteiger charge is 2.01. The summed E-state index contributed by atoms with van der Waals surface area (Å²) in [5, 5.41) is 0. The highest BCUT2D eigenvalue weighted by atomic mass is 16.6. The van der Waals surface area contributed by atoms with E-state index in [1.807, 2.05) is 0 Å². The van der Waals surface area contributed by atoms with Crippen LogP contribution in [0.4, 0.5) is 0 Å². The van der Waals surface area contributed by atoms with Crippen LogP contribution < -0.4 is 0 Å². The average molecular weight is 128 g/mol. The molecule has 0 N–H and O–H groups in total. The molecule has 0 aliphatic carbocycles. The second-order valence-corrected chi connectivity index (χ2v) is 1.47. The highest BCUT2D eigenvalue weighted by Crippen LogP contribution is 1.92. The Bertz CT molecular complexity index is 146. The maximum atomic E-state index is 10.5. The molecule has 0 radical (unpaired) electrons. The maximum absolute atomic E-state index is 10.5. The minimum Gasteiger partial charge on any atom is -0.392 e. The molecule has 0 bridgehead atoms. The Labute approximate surface area is 53.3 Å². The molecule has 0 atom stereocenters. The summed E-state index contributed by atoms with van der Waals surface area (Å²) in [6.45, 7) is 3.39. The van der Waals surface area contributed by atoms with E-state index >= 15 is 0 Å². The van der Waals surface area contributed by atoms with Crippen LogP contribution in [0.2, 0.25) is 0 Å². The van der Waals surface area contributed by atoms with E-state index < -0.39 is 5.97 Å². The van der Waals surface area contributed by atoms with Gasteiger partial charge in [-0.3, -0.25) is 4.79 Å². The third kappa shape index (κ3) is 2.64. The monoisotopic (exact) mass is 128 g/mol. The molecule has 0 aromatic rings. The van der Waals surface area contributed by atoms with E-state index in [1.165, 1.54) is 0 Å². The lowest BCUT2D eigenvalue weighted by molar-refractivity contribution is -0.148. The molecule has 0 unspecified atom stereocenters. The van der Waals surface area contributed by atoms with Crippen LogP contribution in [0.5, 0.6) is 0 Å². The molecule has 0 spiro atoms. The van der Waals surface area contributed by atoms with Gasteiger partial charge in [-0.2, -0.15) is 0 Å². The first-order valence-electron chi connectivity index (χ1n) is 2.50. The predicted molar refractivity (Wildman–Crippen MR) is 31.6 cm³/mol. The van der Waals surface area contributed by atoms with Gasteiger partial charge in [0.25, 0.3) is 0 Å². The third-order valence-electron chi connectivity index (χ3n) is 0.910. The van der Waals surface area contributed by atoms with Crippen molar-refractivity contribution in [3.05, 3.63) is 11.6 Å². The third-order valence-corrected chi connectivity index (χ3v) is 0.910. The topological polar surface area (TPSA) is 43.4 Å². The van der Waals surface area contributed by atoms with Gasteiger partial charge in [0.2, 0.25) is 0 Å². The summed E-state index contributed by atoms with van der Waals surface area (Å²) in [6, 6.07) is 0. The van der Waals surface area contributed by atoms with Crippen molar-refractivity contribution < 1.29 is 14.3 Å². The Hall–Kier alpha value is -1.12. The summed E-state index contributed by atoms with van der Waals surface area (Å²) < 4.78 is 4.01. The Kier molecular flexibility index (Phi) is 3.35. The van der Waals surface area contributed by atoms with Crippen molar-refractivity contribution >= 4 is 12.4 Å². The van der Waals surface area contributed by atoms with Crippen molar-refractivity contribution in [1.82, 2.24) is 0 Å².